The fourth-order valence-electron chi connectivity index (χ4n) is 3.21. The maximum absolute atomic E-state index is 12.0. The van der Waals surface area contributed by atoms with Crippen molar-refractivity contribution in [3.63, 3.8) is 0 Å². The highest BCUT2D eigenvalue weighted by molar-refractivity contribution is 5.85. The van der Waals surface area contributed by atoms with E-state index in [9.17, 15) is 4.79 Å². The molecule has 1 fully saturated rings. The first-order valence-electron chi connectivity index (χ1n) is 8.65. The number of amides is 1. The van der Waals surface area contributed by atoms with E-state index in [2.05, 4.69) is 10.3 Å². The largest absolute Gasteiger partial charge is 0.444 e. The third-order valence-corrected chi connectivity index (χ3v) is 4.72. The van der Waals surface area contributed by atoms with Gasteiger partial charge in [-0.15, -0.1) is 12.4 Å². The van der Waals surface area contributed by atoms with E-state index in [1.807, 2.05) is 31.2 Å². The molecule has 136 valence electrons. The van der Waals surface area contributed by atoms with Crippen LogP contribution < -0.4 is 11.1 Å². The van der Waals surface area contributed by atoms with Crippen molar-refractivity contribution in [2.45, 2.75) is 45.1 Å². The molecule has 0 aliphatic heterocycles. The Kier molecular flexibility index (Phi) is 7.02. The molecular weight excluding hydrogens is 338 g/mol. The Hall–Kier alpha value is -1.85. The molecule has 1 aliphatic carbocycles. The number of carbonyl (C=O) groups is 1. The number of nitrogens with one attached hydrogen (secondary N) is 1. The minimum absolute atomic E-state index is 0. The van der Waals surface area contributed by atoms with Crippen molar-refractivity contribution in [3.8, 4) is 11.5 Å². The number of nitrogens with zero attached hydrogens (tertiary/aromatic N) is 1. The van der Waals surface area contributed by atoms with Crippen LogP contribution in [0.1, 0.15) is 36.9 Å². The Labute approximate surface area is 154 Å². The van der Waals surface area contributed by atoms with E-state index < -0.39 is 0 Å². The minimum Gasteiger partial charge on any atom is -0.444 e. The van der Waals surface area contributed by atoms with Crippen LogP contribution in [-0.4, -0.2) is 23.5 Å². The quantitative estimate of drug-likeness (QED) is 0.825. The van der Waals surface area contributed by atoms with E-state index in [-0.39, 0.29) is 24.4 Å². The summed E-state index contributed by atoms with van der Waals surface area (Å²) in [7, 11) is 0. The maximum Gasteiger partial charge on any atom is 0.226 e. The van der Waals surface area contributed by atoms with Gasteiger partial charge in [0.1, 0.15) is 6.26 Å². The zero-order valence-electron chi connectivity index (χ0n) is 14.5. The lowest BCUT2D eigenvalue weighted by atomic mass is 10.00. The predicted molar refractivity (Wildman–Crippen MR) is 101 cm³/mol. The van der Waals surface area contributed by atoms with Gasteiger partial charge in [0.2, 0.25) is 11.8 Å². The zero-order valence-corrected chi connectivity index (χ0v) is 15.3. The van der Waals surface area contributed by atoms with E-state index in [0.29, 0.717) is 31.2 Å². The predicted octanol–water partition coefficient (Wildman–Crippen LogP) is 3.25. The fraction of sp³-hybridized carbons (Fsp3) is 0.474. The Balaban J connectivity index is 0.00000225. The van der Waals surface area contributed by atoms with Crippen LogP contribution in [0.4, 0.5) is 0 Å². The molecule has 5 nitrogen and oxygen atoms in total. The van der Waals surface area contributed by atoms with Gasteiger partial charge in [-0.2, -0.15) is 0 Å². The molecule has 0 bridgehead atoms. The first-order valence-corrected chi connectivity index (χ1v) is 8.65. The van der Waals surface area contributed by atoms with Crippen LogP contribution >= 0.6 is 12.4 Å². The lowest BCUT2D eigenvalue weighted by molar-refractivity contribution is -0.122. The van der Waals surface area contributed by atoms with E-state index >= 15 is 0 Å². The summed E-state index contributed by atoms with van der Waals surface area (Å²) in [5.41, 5.74) is 9.03. The molecule has 0 saturated heterocycles. The summed E-state index contributed by atoms with van der Waals surface area (Å²) in [6.07, 6.45) is 6.11. The monoisotopic (exact) mass is 363 g/mol. The number of hydrogen-bond acceptors (Lipinski definition) is 4. The molecule has 0 radical (unpaired) electrons. The van der Waals surface area contributed by atoms with Crippen LogP contribution in [0.15, 0.2) is 34.9 Å². The molecule has 3 N–H and O–H groups in total. The number of carbonyl (C=O) groups excluding carboxylic acids is 1. The summed E-state index contributed by atoms with van der Waals surface area (Å²) >= 11 is 0. The third kappa shape index (κ3) is 5.31. The van der Waals surface area contributed by atoms with Crippen molar-refractivity contribution in [2.24, 2.45) is 11.7 Å². The molecule has 0 spiro atoms. The second-order valence-corrected chi connectivity index (χ2v) is 6.67. The zero-order chi connectivity index (χ0) is 16.9. The average Bonchev–Trinajstić information content (AvgIpc) is 3.18. The third-order valence-electron chi connectivity index (χ3n) is 4.72. The van der Waals surface area contributed by atoms with Gasteiger partial charge >= 0.3 is 0 Å². The highest BCUT2D eigenvalue weighted by Crippen LogP contribution is 2.26. The first-order chi connectivity index (χ1) is 11.6. The van der Waals surface area contributed by atoms with Crippen molar-refractivity contribution >= 4 is 18.3 Å². The number of benzene rings is 1. The first kappa shape index (κ1) is 19.5. The van der Waals surface area contributed by atoms with Crippen molar-refractivity contribution in [1.29, 1.82) is 0 Å². The fourth-order valence-corrected chi connectivity index (χ4v) is 3.21. The van der Waals surface area contributed by atoms with Crippen LogP contribution in [-0.2, 0) is 11.2 Å². The van der Waals surface area contributed by atoms with Crippen LogP contribution in [0.2, 0.25) is 0 Å². The summed E-state index contributed by atoms with van der Waals surface area (Å²) in [5.74, 6) is 1.04. The Bertz CT molecular complexity index is 684. The molecule has 2 aromatic rings. The van der Waals surface area contributed by atoms with Gasteiger partial charge in [0.25, 0.3) is 0 Å². The van der Waals surface area contributed by atoms with Crippen LogP contribution in [0.3, 0.4) is 0 Å². The van der Waals surface area contributed by atoms with E-state index in [1.165, 1.54) is 5.56 Å². The standard InChI is InChI=1S/C19H25N3O2.ClH/c1-13-5-7-14(8-6-13)19-22-16(12-24-19)9-10-21-18(23)11-15-3-2-4-17(15)20;/h5-8,12,15,17H,2-4,9-11,20H2,1H3,(H,21,23);1H/t15-,17+;/m0./s1. The second kappa shape index (κ2) is 9.02. The summed E-state index contributed by atoms with van der Waals surface area (Å²) in [6.45, 7) is 2.62. The van der Waals surface area contributed by atoms with Gasteiger partial charge in [0.05, 0.1) is 5.69 Å². The highest BCUT2D eigenvalue weighted by atomic mass is 35.5. The van der Waals surface area contributed by atoms with Gasteiger partial charge in [-0.3, -0.25) is 4.79 Å². The summed E-state index contributed by atoms with van der Waals surface area (Å²) in [6, 6.07) is 8.25. The Morgan fingerprint density at radius 1 is 1.32 bits per heavy atom. The van der Waals surface area contributed by atoms with Gasteiger partial charge in [0.15, 0.2) is 0 Å². The second-order valence-electron chi connectivity index (χ2n) is 6.67. The molecule has 25 heavy (non-hydrogen) atoms. The average molecular weight is 364 g/mol. The number of halogens is 1. The SMILES string of the molecule is Cc1ccc(-c2nc(CCNC(=O)C[C@@H]3CCC[C@H]3N)co2)cc1.Cl. The van der Waals surface area contributed by atoms with E-state index in [0.717, 1.165) is 30.5 Å². The van der Waals surface area contributed by atoms with Crippen LogP contribution in [0.5, 0.6) is 0 Å². The Morgan fingerprint density at radius 2 is 2.08 bits per heavy atom. The van der Waals surface area contributed by atoms with Gasteiger partial charge in [0, 0.05) is 31.0 Å². The molecule has 1 heterocycles. The Morgan fingerprint density at radius 3 is 2.76 bits per heavy atom. The number of aryl methyl sites for hydroxylation is 1. The van der Waals surface area contributed by atoms with Crippen LogP contribution in [0, 0.1) is 12.8 Å². The number of hydrogen-bond donors (Lipinski definition) is 2. The minimum atomic E-state index is 0. The molecule has 1 amide bonds. The number of rotatable bonds is 6. The number of nitrogens with two attached hydrogens (primary N) is 1. The van der Waals surface area contributed by atoms with Gasteiger partial charge in [-0.05, 0) is 37.8 Å². The smallest absolute Gasteiger partial charge is 0.226 e. The molecule has 1 aromatic heterocycles. The maximum atomic E-state index is 12.0. The van der Waals surface area contributed by atoms with Gasteiger partial charge < -0.3 is 15.5 Å². The summed E-state index contributed by atoms with van der Waals surface area (Å²) in [4.78, 5) is 16.5. The van der Waals surface area contributed by atoms with Crippen molar-refractivity contribution in [3.05, 3.63) is 41.8 Å². The lowest BCUT2D eigenvalue weighted by Gasteiger charge is -2.14. The van der Waals surface area contributed by atoms with Crippen molar-refractivity contribution < 1.29 is 9.21 Å². The van der Waals surface area contributed by atoms with Crippen molar-refractivity contribution in [1.82, 2.24) is 10.3 Å². The summed E-state index contributed by atoms with van der Waals surface area (Å²) < 4.78 is 5.53. The molecule has 3 rings (SSSR count). The highest BCUT2D eigenvalue weighted by Gasteiger charge is 2.25. The van der Waals surface area contributed by atoms with E-state index in [1.54, 1.807) is 6.26 Å². The van der Waals surface area contributed by atoms with Gasteiger partial charge in [-0.1, -0.05) is 24.1 Å². The molecule has 1 aromatic carbocycles. The molecule has 2 atom stereocenters. The number of oxazole rings is 1. The molecule has 0 unspecified atom stereocenters. The molecule has 1 aliphatic rings. The van der Waals surface area contributed by atoms with E-state index in [4.69, 9.17) is 10.2 Å². The molecular formula is C19H26ClN3O2. The van der Waals surface area contributed by atoms with Crippen molar-refractivity contribution in [2.75, 3.05) is 6.54 Å². The van der Waals surface area contributed by atoms with Crippen LogP contribution in [0.25, 0.3) is 11.5 Å². The lowest BCUT2D eigenvalue weighted by Crippen LogP contribution is -2.32. The summed E-state index contributed by atoms with van der Waals surface area (Å²) in [5, 5.41) is 2.96. The topological polar surface area (TPSA) is 81.2 Å². The number of aromatic nitrogens is 1. The van der Waals surface area contributed by atoms with Gasteiger partial charge in [-0.25, -0.2) is 4.98 Å². The molecule has 1 saturated carbocycles. The normalized spacial score (nSPS) is 19.4. The molecule has 6 heteroatoms.